The van der Waals surface area contributed by atoms with Crippen molar-refractivity contribution in [2.75, 3.05) is 0 Å². The molecule has 1 aromatic heterocycles. The second-order valence-corrected chi connectivity index (χ2v) is 3.01. The molecular weight excluding hydrogens is 178 g/mol. The van der Waals surface area contributed by atoms with Gasteiger partial charge in [-0.3, -0.25) is 0 Å². The summed E-state index contributed by atoms with van der Waals surface area (Å²) in [7, 11) is 0. The van der Waals surface area contributed by atoms with Gasteiger partial charge in [-0.2, -0.15) is 0 Å². The molecule has 0 saturated carbocycles. The van der Waals surface area contributed by atoms with Crippen LogP contribution in [0.3, 0.4) is 0 Å². The van der Waals surface area contributed by atoms with Crippen LogP contribution < -0.4 is 5.73 Å². The van der Waals surface area contributed by atoms with E-state index in [9.17, 15) is 5.11 Å². The lowest BCUT2D eigenvalue weighted by atomic mass is 10.2. The molecule has 0 atom stereocenters. The van der Waals surface area contributed by atoms with Gasteiger partial charge in [-0.1, -0.05) is 12.1 Å². The van der Waals surface area contributed by atoms with Crippen LogP contribution in [0, 0.1) is 0 Å². The molecule has 72 valence electrons. The number of phenols is 1. The summed E-state index contributed by atoms with van der Waals surface area (Å²) >= 11 is 0. The van der Waals surface area contributed by atoms with E-state index in [-0.39, 0.29) is 5.75 Å². The number of H-pyrrole nitrogens is 1. The van der Waals surface area contributed by atoms with Crippen molar-refractivity contribution < 1.29 is 5.11 Å². The van der Waals surface area contributed by atoms with Crippen LogP contribution >= 0.6 is 0 Å². The first-order valence-electron chi connectivity index (χ1n) is 4.33. The van der Waals surface area contributed by atoms with Gasteiger partial charge in [-0.15, -0.1) is 0 Å². The fourth-order valence-corrected chi connectivity index (χ4v) is 1.26. The minimum absolute atomic E-state index is 0.230. The molecule has 1 heterocycles. The Bertz CT molecular complexity index is 436. The van der Waals surface area contributed by atoms with Gasteiger partial charge in [-0.25, -0.2) is 4.98 Å². The number of benzene rings is 1. The van der Waals surface area contributed by atoms with E-state index in [1.165, 1.54) is 0 Å². The van der Waals surface area contributed by atoms with Crippen molar-refractivity contribution in [3.8, 4) is 17.1 Å². The van der Waals surface area contributed by atoms with E-state index in [0.717, 1.165) is 17.1 Å². The van der Waals surface area contributed by atoms with Crippen molar-refractivity contribution in [2.45, 2.75) is 6.54 Å². The number of aromatic amines is 1. The summed E-state index contributed by atoms with van der Waals surface area (Å²) in [5.41, 5.74) is 7.18. The molecule has 4 N–H and O–H groups in total. The molecule has 0 amide bonds. The van der Waals surface area contributed by atoms with Crippen molar-refractivity contribution in [3.63, 3.8) is 0 Å². The Hall–Kier alpha value is -1.81. The lowest BCUT2D eigenvalue weighted by Gasteiger charge is -1.97. The van der Waals surface area contributed by atoms with Gasteiger partial charge in [0, 0.05) is 24.0 Å². The number of phenolic OH excluding ortho intramolecular Hbond substituents is 1. The van der Waals surface area contributed by atoms with Crippen LogP contribution in [0.5, 0.6) is 5.75 Å². The summed E-state index contributed by atoms with van der Waals surface area (Å²) in [6.07, 6.45) is 1.69. The summed E-state index contributed by atoms with van der Waals surface area (Å²) in [5, 5.41) is 9.27. The molecule has 0 fully saturated rings. The average molecular weight is 189 g/mol. The number of aromatic hydroxyl groups is 1. The van der Waals surface area contributed by atoms with Gasteiger partial charge in [0.15, 0.2) is 0 Å². The smallest absolute Gasteiger partial charge is 0.137 e. The number of rotatable bonds is 2. The number of hydrogen-bond donors (Lipinski definition) is 3. The quantitative estimate of drug-likeness (QED) is 0.665. The van der Waals surface area contributed by atoms with Crippen molar-refractivity contribution in [2.24, 2.45) is 5.73 Å². The topological polar surface area (TPSA) is 74.9 Å². The van der Waals surface area contributed by atoms with Crippen LogP contribution in [0.4, 0.5) is 0 Å². The Morgan fingerprint density at radius 1 is 1.43 bits per heavy atom. The van der Waals surface area contributed by atoms with Crippen LogP contribution in [0.25, 0.3) is 11.4 Å². The molecule has 14 heavy (non-hydrogen) atoms. The van der Waals surface area contributed by atoms with E-state index in [1.54, 1.807) is 24.4 Å². The van der Waals surface area contributed by atoms with Crippen molar-refractivity contribution in [3.05, 3.63) is 36.2 Å². The zero-order valence-electron chi connectivity index (χ0n) is 7.57. The first-order valence-corrected chi connectivity index (χ1v) is 4.33. The van der Waals surface area contributed by atoms with Gasteiger partial charge in [0.1, 0.15) is 11.6 Å². The van der Waals surface area contributed by atoms with Gasteiger partial charge >= 0.3 is 0 Å². The molecule has 4 heteroatoms. The van der Waals surface area contributed by atoms with Gasteiger partial charge in [0.25, 0.3) is 0 Å². The molecule has 4 nitrogen and oxygen atoms in total. The minimum atomic E-state index is 0.230. The maximum Gasteiger partial charge on any atom is 0.137 e. The zero-order chi connectivity index (χ0) is 9.97. The lowest BCUT2D eigenvalue weighted by molar-refractivity contribution is 0.475. The van der Waals surface area contributed by atoms with Gasteiger partial charge in [0.05, 0.1) is 0 Å². The molecule has 1 aromatic carbocycles. The number of aromatic nitrogens is 2. The summed E-state index contributed by atoms with van der Waals surface area (Å²) in [6, 6.07) is 6.92. The molecule has 0 spiro atoms. The third-order valence-electron chi connectivity index (χ3n) is 1.97. The molecule has 2 aromatic rings. The predicted octanol–water partition coefficient (Wildman–Crippen LogP) is 1.24. The van der Waals surface area contributed by atoms with Crippen LogP contribution in [0.2, 0.25) is 0 Å². The SMILES string of the molecule is NCc1cnc(-c2cccc(O)c2)[nH]1. The molecule has 0 saturated heterocycles. The third kappa shape index (κ3) is 1.60. The van der Waals surface area contributed by atoms with E-state index in [4.69, 9.17) is 5.73 Å². The van der Waals surface area contributed by atoms with Gasteiger partial charge < -0.3 is 15.8 Å². The Morgan fingerprint density at radius 3 is 2.93 bits per heavy atom. The second kappa shape index (κ2) is 3.51. The van der Waals surface area contributed by atoms with E-state index in [2.05, 4.69) is 9.97 Å². The highest BCUT2D eigenvalue weighted by molar-refractivity contribution is 5.57. The highest BCUT2D eigenvalue weighted by Crippen LogP contribution is 2.19. The van der Waals surface area contributed by atoms with Crippen molar-refractivity contribution >= 4 is 0 Å². The number of nitrogens with two attached hydrogens (primary N) is 1. The van der Waals surface area contributed by atoms with Gasteiger partial charge in [-0.05, 0) is 12.1 Å². The lowest BCUT2D eigenvalue weighted by Crippen LogP contribution is -1.95. The van der Waals surface area contributed by atoms with E-state index in [0.29, 0.717) is 6.54 Å². The number of hydrogen-bond acceptors (Lipinski definition) is 3. The fourth-order valence-electron chi connectivity index (χ4n) is 1.26. The summed E-state index contributed by atoms with van der Waals surface area (Å²) in [4.78, 5) is 7.21. The second-order valence-electron chi connectivity index (χ2n) is 3.01. The first kappa shape index (κ1) is 8.77. The molecule has 0 aliphatic heterocycles. The Kier molecular flexibility index (Phi) is 2.20. The van der Waals surface area contributed by atoms with Crippen LogP contribution in [-0.2, 0) is 6.54 Å². The zero-order valence-corrected chi connectivity index (χ0v) is 7.57. The summed E-state index contributed by atoms with van der Waals surface area (Å²) in [6.45, 7) is 0.436. The monoisotopic (exact) mass is 189 g/mol. The average Bonchev–Trinajstić information content (AvgIpc) is 2.66. The normalized spacial score (nSPS) is 10.4. The predicted molar refractivity (Wildman–Crippen MR) is 53.6 cm³/mol. The molecule has 2 rings (SSSR count). The maximum absolute atomic E-state index is 9.27. The highest BCUT2D eigenvalue weighted by Gasteiger charge is 2.02. The number of nitrogens with one attached hydrogen (secondary N) is 1. The first-order chi connectivity index (χ1) is 6.79. The highest BCUT2D eigenvalue weighted by atomic mass is 16.3. The molecule has 0 unspecified atom stereocenters. The number of nitrogens with zero attached hydrogens (tertiary/aromatic N) is 1. The van der Waals surface area contributed by atoms with Gasteiger partial charge in [0.2, 0.25) is 0 Å². The minimum Gasteiger partial charge on any atom is -0.508 e. The molecule has 0 aliphatic rings. The van der Waals surface area contributed by atoms with E-state index in [1.807, 2.05) is 6.07 Å². The Labute approximate surface area is 81.4 Å². The Morgan fingerprint density at radius 2 is 2.29 bits per heavy atom. The Balaban J connectivity index is 2.39. The van der Waals surface area contributed by atoms with Crippen LogP contribution in [-0.4, -0.2) is 15.1 Å². The fraction of sp³-hybridized carbons (Fsp3) is 0.100. The van der Waals surface area contributed by atoms with Crippen molar-refractivity contribution in [1.82, 2.24) is 9.97 Å². The molecule has 0 bridgehead atoms. The maximum atomic E-state index is 9.27. The third-order valence-corrected chi connectivity index (χ3v) is 1.97. The summed E-state index contributed by atoms with van der Waals surface area (Å²) in [5.74, 6) is 0.953. The molecular formula is C10H11N3O. The number of imidazole rings is 1. The van der Waals surface area contributed by atoms with Crippen LogP contribution in [0.15, 0.2) is 30.5 Å². The van der Waals surface area contributed by atoms with Crippen LogP contribution in [0.1, 0.15) is 5.69 Å². The van der Waals surface area contributed by atoms with E-state index < -0.39 is 0 Å². The molecule has 0 aliphatic carbocycles. The largest absolute Gasteiger partial charge is 0.508 e. The summed E-state index contributed by atoms with van der Waals surface area (Å²) < 4.78 is 0. The molecule has 0 radical (unpaired) electrons. The van der Waals surface area contributed by atoms with Crippen molar-refractivity contribution in [1.29, 1.82) is 0 Å². The van der Waals surface area contributed by atoms with E-state index >= 15 is 0 Å². The standard InChI is InChI=1S/C10H11N3O/c11-5-8-6-12-10(13-8)7-2-1-3-9(14)4-7/h1-4,6,14H,5,11H2,(H,12,13).